The molecule has 3 heteroatoms. The normalized spacial score (nSPS) is 25.1. The lowest BCUT2D eigenvalue weighted by Crippen LogP contribution is -2.44. The van der Waals surface area contributed by atoms with E-state index in [9.17, 15) is 0 Å². The van der Waals surface area contributed by atoms with Crippen molar-refractivity contribution < 1.29 is 0 Å². The molecule has 0 bridgehead atoms. The molecule has 3 nitrogen and oxygen atoms in total. The van der Waals surface area contributed by atoms with E-state index in [0.717, 1.165) is 6.04 Å². The van der Waals surface area contributed by atoms with Gasteiger partial charge < -0.3 is 15.1 Å². The standard InChI is InChI=1S/C23H27N3/c1-15-25(2)20-10-7-16-11-12-23(13-17-5-3-4-6-18(17)14-23)24-21(16)22(20)26(15)19-8-9-19/h3-7,10,15,19,24H,8-9,11-14H2,1-2H3. The molecule has 2 aliphatic heterocycles. The number of anilines is 3. The molecule has 6 rings (SSSR count). The van der Waals surface area contributed by atoms with Crippen LogP contribution in [0.4, 0.5) is 17.1 Å². The van der Waals surface area contributed by atoms with Crippen LogP contribution in [0.25, 0.3) is 0 Å². The van der Waals surface area contributed by atoms with Gasteiger partial charge in [0.05, 0.1) is 23.2 Å². The Morgan fingerprint density at radius 2 is 1.73 bits per heavy atom. The minimum atomic E-state index is 0.214. The Kier molecular flexibility index (Phi) is 2.86. The maximum atomic E-state index is 4.11. The Balaban J connectivity index is 1.44. The summed E-state index contributed by atoms with van der Waals surface area (Å²) in [5.74, 6) is 0. The van der Waals surface area contributed by atoms with E-state index in [1.165, 1.54) is 61.2 Å². The molecule has 0 aromatic heterocycles. The van der Waals surface area contributed by atoms with Crippen LogP contribution in [0.15, 0.2) is 36.4 Å². The van der Waals surface area contributed by atoms with E-state index in [2.05, 4.69) is 65.5 Å². The molecule has 0 radical (unpaired) electrons. The first-order valence-corrected chi connectivity index (χ1v) is 10.2. The van der Waals surface area contributed by atoms with Crippen LogP contribution in [0.5, 0.6) is 0 Å². The number of benzene rings is 2. The van der Waals surface area contributed by atoms with Crippen LogP contribution in [-0.2, 0) is 19.3 Å². The highest BCUT2D eigenvalue weighted by Gasteiger charge is 2.45. The Labute approximate surface area is 156 Å². The predicted molar refractivity (Wildman–Crippen MR) is 108 cm³/mol. The molecule has 1 fully saturated rings. The smallest absolute Gasteiger partial charge is 0.0988 e. The molecule has 1 spiro atoms. The molecule has 1 unspecified atom stereocenters. The van der Waals surface area contributed by atoms with Gasteiger partial charge >= 0.3 is 0 Å². The largest absolute Gasteiger partial charge is 0.377 e. The number of rotatable bonds is 1. The molecule has 26 heavy (non-hydrogen) atoms. The van der Waals surface area contributed by atoms with Gasteiger partial charge in [0.1, 0.15) is 0 Å². The molecular weight excluding hydrogens is 318 g/mol. The van der Waals surface area contributed by atoms with Gasteiger partial charge in [-0.15, -0.1) is 0 Å². The van der Waals surface area contributed by atoms with Crippen LogP contribution in [0.2, 0.25) is 0 Å². The number of aryl methyl sites for hydroxylation is 1. The van der Waals surface area contributed by atoms with Crippen LogP contribution in [0.1, 0.15) is 42.9 Å². The Hall–Kier alpha value is -2.16. The van der Waals surface area contributed by atoms with Gasteiger partial charge in [-0.2, -0.15) is 0 Å². The fraction of sp³-hybridized carbons (Fsp3) is 0.478. The molecule has 2 aromatic rings. The van der Waals surface area contributed by atoms with Gasteiger partial charge in [0.2, 0.25) is 0 Å². The van der Waals surface area contributed by atoms with Crippen molar-refractivity contribution in [2.45, 2.75) is 63.2 Å². The zero-order valence-electron chi connectivity index (χ0n) is 15.8. The molecule has 0 amide bonds. The van der Waals surface area contributed by atoms with Crippen molar-refractivity contribution in [2.24, 2.45) is 0 Å². The predicted octanol–water partition coefficient (Wildman–Crippen LogP) is 4.35. The van der Waals surface area contributed by atoms with Gasteiger partial charge in [-0.05, 0) is 68.2 Å². The fourth-order valence-electron chi connectivity index (χ4n) is 5.59. The first-order chi connectivity index (χ1) is 12.7. The Morgan fingerprint density at radius 3 is 2.42 bits per heavy atom. The fourth-order valence-corrected chi connectivity index (χ4v) is 5.59. The quantitative estimate of drug-likeness (QED) is 0.829. The molecule has 134 valence electrons. The van der Waals surface area contributed by atoms with E-state index in [4.69, 9.17) is 0 Å². The first-order valence-electron chi connectivity index (χ1n) is 10.2. The zero-order valence-corrected chi connectivity index (χ0v) is 15.8. The summed E-state index contributed by atoms with van der Waals surface area (Å²) in [5, 5.41) is 4.11. The highest BCUT2D eigenvalue weighted by molar-refractivity contribution is 5.91. The summed E-state index contributed by atoms with van der Waals surface area (Å²) in [5.41, 5.74) is 9.13. The van der Waals surface area contributed by atoms with E-state index in [1.54, 1.807) is 11.1 Å². The van der Waals surface area contributed by atoms with Crippen molar-refractivity contribution in [1.82, 2.24) is 0 Å². The summed E-state index contributed by atoms with van der Waals surface area (Å²) in [6, 6.07) is 14.5. The molecule has 4 aliphatic rings. The molecule has 1 atom stereocenters. The minimum Gasteiger partial charge on any atom is -0.377 e. The second-order valence-corrected chi connectivity index (χ2v) is 8.88. The van der Waals surface area contributed by atoms with Gasteiger partial charge in [0.25, 0.3) is 0 Å². The van der Waals surface area contributed by atoms with Crippen molar-refractivity contribution >= 4 is 17.1 Å². The number of nitrogens with one attached hydrogen (secondary N) is 1. The minimum absolute atomic E-state index is 0.214. The number of hydrogen-bond acceptors (Lipinski definition) is 3. The molecule has 1 N–H and O–H groups in total. The van der Waals surface area contributed by atoms with Gasteiger partial charge in [0, 0.05) is 18.6 Å². The maximum absolute atomic E-state index is 4.11. The van der Waals surface area contributed by atoms with Gasteiger partial charge in [-0.1, -0.05) is 30.3 Å². The number of nitrogens with zero attached hydrogens (tertiary/aromatic N) is 2. The highest BCUT2D eigenvalue weighted by atomic mass is 15.4. The highest BCUT2D eigenvalue weighted by Crippen LogP contribution is 2.53. The third-order valence-corrected chi connectivity index (χ3v) is 7.22. The van der Waals surface area contributed by atoms with Crippen LogP contribution in [-0.4, -0.2) is 24.8 Å². The van der Waals surface area contributed by atoms with Crippen molar-refractivity contribution in [2.75, 3.05) is 22.2 Å². The van der Waals surface area contributed by atoms with Crippen LogP contribution in [0, 0.1) is 0 Å². The van der Waals surface area contributed by atoms with E-state index in [1.807, 2.05) is 0 Å². The molecule has 0 saturated heterocycles. The van der Waals surface area contributed by atoms with E-state index < -0.39 is 0 Å². The summed E-state index contributed by atoms with van der Waals surface area (Å²) in [6.07, 6.45) is 7.92. The third kappa shape index (κ3) is 1.94. The summed E-state index contributed by atoms with van der Waals surface area (Å²) in [4.78, 5) is 5.16. The van der Waals surface area contributed by atoms with Crippen molar-refractivity contribution in [1.29, 1.82) is 0 Å². The lowest BCUT2D eigenvalue weighted by atomic mass is 9.83. The van der Waals surface area contributed by atoms with Crippen molar-refractivity contribution in [3.8, 4) is 0 Å². The van der Waals surface area contributed by atoms with E-state index in [-0.39, 0.29) is 5.54 Å². The van der Waals surface area contributed by atoms with Gasteiger partial charge in [-0.3, -0.25) is 0 Å². The average molecular weight is 345 g/mol. The maximum Gasteiger partial charge on any atom is 0.0988 e. The zero-order chi connectivity index (χ0) is 17.5. The number of hydrogen-bond donors (Lipinski definition) is 1. The van der Waals surface area contributed by atoms with Crippen LogP contribution >= 0.6 is 0 Å². The van der Waals surface area contributed by atoms with Gasteiger partial charge in [-0.25, -0.2) is 0 Å². The SMILES string of the molecule is CC1N(C)c2ccc3c(c2N1C1CC1)NC1(CC3)Cc2ccccc2C1. The monoisotopic (exact) mass is 345 g/mol. The van der Waals surface area contributed by atoms with Crippen molar-refractivity contribution in [3.05, 3.63) is 53.1 Å². The van der Waals surface area contributed by atoms with Crippen LogP contribution in [0.3, 0.4) is 0 Å². The summed E-state index contributed by atoms with van der Waals surface area (Å²) < 4.78 is 0. The summed E-state index contributed by atoms with van der Waals surface area (Å²) >= 11 is 0. The summed E-state index contributed by atoms with van der Waals surface area (Å²) in [7, 11) is 2.25. The van der Waals surface area contributed by atoms with E-state index >= 15 is 0 Å². The Bertz CT molecular complexity index is 873. The lowest BCUT2D eigenvalue weighted by Gasteiger charge is -2.39. The van der Waals surface area contributed by atoms with E-state index in [0.29, 0.717) is 6.17 Å². The average Bonchev–Trinajstić information content (AvgIpc) is 3.37. The second kappa shape index (κ2) is 4.97. The molecule has 2 aromatic carbocycles. The molecule has 2 heterocycles. The molecular formula is C23H27N3. The topological polar surface area (TPSA) is 18.5 Å². The first kappa shape index (κ1) is 15.0. The van der Waals surface area contributed by atoms with Crippen LogP contribution < -0.4 is 15.1 Å². The molecule has 1 saturated carbocycles. The lowest BCUT2D eigenvalue weighted by molar-refractivity contribution is 0.440. The third-order valence-electron chi connectivity index (χ3n) is 7.22. The van der Waals surface area contributed by atoms with Crippen molar-refractivity contribution in [3.63, 3.8) is 0 Å². The number of fused-ring (bicyclic) bond motifs is 4. The van der Waals surface area contributed by atoms with Gasteiger partial charge in [0.15, 0.2) is 0 Å². The molecule has 2 aliphatic carbocycles. The summed E-state index contributed by atoms with van der Waals surface area (Å²) in [6.45, 7) is 2.36. The second-order valence-electron chi connectivity index (χ2n) is 8.88. The Morgan fingerprint density at radius 1 is 1.00 bits per heavy atom.